The highest BCUT2D eigenvalue weighted by molar-refractivity contribution is 5.96. The van der Waals surface area contributed by atoms with E-state index in [9.17, 15) is 22.8 Å². The lowest BCUT2D eigenvalue weighted by Crippen LogP contribution is -2.29. The summed E-state index contributed by atoms with van der Waals surface area (Å²) in [7, 11) is 2.85. The number of hydrogen-bond donors (Lipinski definition) is 1. The third-order valence-electron chi connectivity index (χ3n) is 4.01. The second-order valence-corrected chi connectivity index (χ2v) is 5.94. The minimum Gasteiger partial charge on any atom is -0.496 e. The van der Waals surface area contributed by atoms with Crippen molar-refractivity contribution in [1.82, 2.24) is 9.88 Å². The summed E-state index contributed by atoms with van der Waals surface area (Å²) in [5.41, 5.74) is -0.415. The van der Waals surface area contributed by atoms with Gasteiger partial charge in [0.05, 0.1) is 18.2 Å². The lowest BCUT2D eigenvalue weighted by atomic mass is 9.98. The van der Waals surface area contributed by atoms with Crippen molar-refractivity contribution in [2.45, 2.75) is 19.0 Å². The van der Waals surface area contributed by atoms with Crippen LogP contribution in [0.15, 0.2) is 41.3 Å². The maximum Gasteiger partial charge on any atom is 0.416 e. The van der Waals surface area contributed by atoms with Gasteiger partial charge in [0.15, 0.2) is 0 Å². The lowest BCUT2D eigenvalue weighted by Gasteiger charge is -2.16. The first-order chi connectivity index (χ1) is 12.1. The van der Waals surface area contributed by atoms with Crippen LogP contribution in [0.2, 0.25) is 0 Å². The van der Waals surface area contributed by atoms with Crippen molar-refractivity contribution in [1.29, 1.82) is 0 Å². The number of halogens is 3. The summed E-state index contributed by atoms with van der Waals surface area (Å²) < 4.78 is 44.7. The van der Waals surface area contributed by atoms with Crippen molar-refractivity contribution in [3.05, 3.63) is 63.6 Å². The van der Waals surface area contributed by atoms with Crippen LogP contribution in [0.5, 0.6) is 5.75 Å². The van der Waals surface area contributed by atoms with Crippen LogP contribution in [-0.4, -0.2) is 24.1 Å². The van der Waals surface area contributed by atoms with Crippen molar-refractivity contribution in [2.24, 2.45) is 7.05 Å². The fourth-order valence-electron chi connectivity index (χ4n) is 2.43. The Morgan fingerprint density at radius 1 is 1.31 bits per heavy atom. The summed E-state index contributed by atoms with van der Waals surface area (Å²) in [6.45, 7) is 1.85. The molecule has 1 atom stereocenters. The van der Waals surface area contributed by atoms with Crippen LogP contribution in [0.25, 0.3) is 0 Å². The zero-order valence-electron chi connectivity index (χ0n) is 14.6. The van der Waals surface area contributed by atoms with Crippen LogP contribution < -0.4 is 15.6 Å². The topological polar surface area (TPSA) is 60.3 Å². The van der Waals surface area contributed by atoms with Crippen molar-refractivity contribution in [3.63, 3.8) is 0 Å². The number of methoxy groups -OCH3 is 1. The molecule has 2 rings (SSSR count). The Labute approximate surface area is 148 Å². The standard InChI is InChI=1S/C18H19F3N2O3/c1-11(12-5-4-6-13(7-12)18(19,20)21)9-22-17(25)14-10-23(2)16(24)8-15(14)26-3/h4-8,10-11H,9H2,1-3H3,(H,22,25). The summed E-state index contributed by atoms with van der Waals surface area (Å²) >= 11 is 0. The van der Waals surface area contributed by atoms with Gasteiger partial charge >= 0.3 is 6.18 Å². The van der Waals surface area contributed by atoms with Gasteiger partial charge in [-0.3, -0.25) is 9.59 Å². The molecule has 0 saturated carbocycles. The average Bonchev–Trinajstić information content (AvgIpc) is 2.60. The Morgan fingerprint density at radius 2 is 2.00 bits per heavy atom. The van der Waals surface area contributed by atoms with Gasteiger partial charge in [0.25, 0.3) is 11.5 Å². The molecule has 5 nitrogen and oxygen atoms in total. The molecule has 1 aromatic carbocycles. The SMILES string of the molecule is COc1cc(=O)n(C)cc1C(=O)NCC(C)c1cccc(C(F)(F)F)c1. The van der Waals surface area contributed by atoms with Crippen LogP contribution in [0.1, 0.15) is 34.3 Å². The summed E-state index contributed by atoms with van der Waals surface area (Å²) in [5, 5.41) is 2.66. The number of nitrogens with one attached hydrogen (secondary N) is 1. The van der Waals surface area contributed by atoms with Gasteiger partial charge in [0.1, 0.15) is 5.75 Å². The summed E-state index contributed by atoms with van der Waals surface area (Å²) in [4.78, 5) is 24.0. The zero-order chi connectivity index (χ0) is 19.5. The van der Waals surface area contributed by atoms with Crippen molar-refractivity contribution >= 4 is 5.91 Å². The molecule has 0 spiro atoms. The summed E-state index contributed by atoms with van der Waals surface area (Å²) in [5.74, 6) is -0.673. The highest BCUT2D eigenvalue weighted by Gasteiger charge is 2.30. The zero-order valence-corrected chi connectivity index (χ0v) is 14.6. The number of hydrogen-bond acceptors (Lipinski definition) is 3. The van der Waals surface area contributed by atoms with Gasteiger partial charge in [0.2, 0.25) is 0 Å². The Balaban J connectivity index is 2.13. The van der Waals surface area contributed by atoms with Gasteiger partial charge in [0, 0.05) is 25.9 Å². The molecule has 1 unspecified atom stereocenters. The van der Waals surface area contributed by atoms with E-state index in [4.69, 9.17) is 4.74 Å². The molecular formula is C18H19F3N2O3. The van der Waals surface area contributed by atoms with Gasteiger partial charge in [-0.2, -0.15) is 13.2 Å². The molecule has 0 saturated heterocycles. The summed E-state index contributed by atoms with van der Waals surface area (Å²) in [6.07, 6.45) is -3.06. The van der Waals surface area contributed by atoms with Crippen LogP contribution >= 0.6 is 0 Å². The van der Waals surface area contributed by atoms with E-state index in [-0.39, 0.29) is 29.3 Å². The van der Waals surface area contributed by atoms with E-state index in [0.717, 1.165) is 12.1 Å². The van der Waals surface area contributed by atoms with E-state index in [1.54, 1.807) is 13.0 Å². The molecule has 1 amide bonds. The maximum atomic E-state index is 12.8. The number of alkyl halides is 3. The third-order valence-corrected chi connectivity index (χ3v) is 4.01. The fraction of sp³-hybridized carbons (Fsp3) is 0.333. The van der Waals surface area contributed by atoms with Crippen LogP contribution in [0.4, 0.5) is 13.2 Å². The number of rotatable bonds is 5. The predicted molar refractivity (Wildman–Crippen MR) is 90.4 cm³/mol. The molecule has 1 heterocycles. The van der Waals surface area contributed by atoms with Gasteiger partial charge in [-0.05, 0) is 17.5 Å². The van der Waals surface area contributed by atoms with E-state index < -0.39 is 17.6 Å². The van der Waals surface area contributed by atoms with E-state index >= 15 is 0 Å². The van der Waals surface area contributed by atoms with E-state index in [0.29, 0.717) is 5.56 Å². The molecule has 0 aliphatic carbocycles. The number of carbonyl (C=O) groups is 1. The number of nitrogens with zero attached hydrogens (tertiary/aromatic N) is 1. The van der Waals surface area contributed by atoms with E-state index in [2.05, 4.69) is 5.32 Å². The Morgan fingerprint density at radius 3 is 2.62 bits per heavy atom. The smallest absolute Gasteiger partial charge is 0.416 e. The van der Waals surface area contributed by atoms with Gasteiger partial charge in [-0.1, -0.05) is 25.1 Å². The predicted octanol–water partition coefficient (Wildman–Crippen LogP) is 2.95. The molecule has 140 valence electrons. The molecular weight excluding hydrogens is 349 g/mol. The second-order valence-electron chi connectivity index (χ2n) is 5.94. The first-order valence-corrected chi connectivity index (χ1v) is 7.83. The average molecular weight is 368 g/mol. The summed E-state index contributed by atoms with van der Waals surface area (Å²) in [6, 6.07) is 6.20. The Hall–Kier alpha value is -2.77. The number of aromatic nitrogens is 1. The third kappa shape index (κ3) is 4.44. The molecule has 0 aliphatic rings. The first-order valence-electron chi connectivity index (χ1n) is 7.83. The monoisotopic (exact) mass is 368 g/mol. The van der Waals surface area contributed by atoms with Gasteiger partial charge in [-0.15, -0.1) is 0 Å². The van der Waals surface area contributed by atoms with Gasteiger partial charge in [-0.25, -0.2) is 0 Å². The molecule has 0 bridgehead atoms. The fourth-order valence-corrected chi connectivity index (χ4v) is 2.43. The van der Waals surface area contributed by atoms with Gasteiger partial charge < -0.3 is 14.6 Å². The molecule has 8 heteroatoms. The Bertz CT molecular complexity index is 859. The van der Waals surface area contributed by atoms with Crippen molar-refractivity contribution in [2.75, 3.05) is 13.7 Å². The molecule has 1 N–H and O–H groups in total. The molecule has 2 aromatic rings. The number of pyridine rings is 1. The van der Waals surface area contributed by atoms with Crippen LogP contribution in [0, 0.1) is 0 Å². The van der Waals surface area contributed by atoms with Crippen LogP contribution in [-0.2, 0) is 13.2 Å². The number of ether oxygens (including phenoxy) is 1. The second kappa shape index (κ2) is 7.63. The Kier molecular flexibility index (Phi) is 5.74. The largest absolute Gasteiger partial charge is 0.496 e. The molecule has 0 fully saturated rings. The quantitative estimate of drug-likeness (QED) is 0.883. The van der Waals surface area contributed by atoms with E-state index in [1.807, 2.05) is 0 Å². The molecule has 0 radical (unpaired) electrons. The molecule has 1 aromatic heterocycles. The highest BCUT2D eigenvalue weighted by Crippen LogP contribution is 2.31. The minimum atomic E-state index is -4.42. The maximum absolute atomic E-state index is 12.8. The highest BCUT2D eigenvalue weighted by atomic mass is 19.4. The lowest BCUT2D eigenvalue weighted by molar-refractivity contribution is -0.137. The minimum absolute atomic E-state index is 0.131. The number of benzene rings is 1. The first kappa shape index (κ1) is 19.6. The molecule has 26 heavy (non-hydrogen) atoms. The molecule has 0 aliphatic heterocycles. The van der Waals surface area contributed by atoms with Crippen molar-refractivity contribution in [3.8, 4) is 5.75 Å². The number of carbonyl (C=O) groups excluding carboxylic acids is 1. The van der Waals surface area contributed by atoms with Crippen LogP contribution in [0.3, 0.4) is 0 Å². The number of amides is 1. The van der Waals surface area contributed by atoms with E-state index in [1.165, 1.54) is 37.1 Å². The normalized spacial score (nSPS) is 12.5. The number of aryl methyl sites for hydroxylation is 1. The van der Waals surface area contributed by atoms with Crippen molar-refractivity contribution < 1.29 is 22.7 Å².